The third-order valence-corrected chi connectivity index (χ3v) is 2.29. The summed E-state index contributed by atoms with van der Waals surface area (Å²) in [5, 5.41) is 0. The topological polar surface area (TPSA) is 12.9 Å². The van der Waals surface area contributed by atoms with Gasteiger partial charge in [-0.05, 0) is 23.8 Å². The van der Waals surface area contributed by atoms with Crippen LogP contribution in [-0.4, -0.2) is 11.2 Å². The first-order valence-electron chi connectivity index (χ1n) is 5.12. The lowest BCUT2D eigenvalue weighted by molar-refractivity contribution is -0.127. The van der Waals surface area contributed by atoms with Gasteiger partial charge in [0.25, 0.3) is 0 Å². The van der Waals surface area contributed by atoms with E-state index in [1.54, 1.807) is 36.5 Å². The van der Waals surface area contributed by atoms with E-state index in [4.69, 9.17) is 0 Å². The number of hydrogen-bond donors (Lipinski definition) is 0. The number of nitrogens with zero attached hydrogens (tertiary/aromatic N) is 1. The number of aromatic nitrogens is 1. The van der Waals surface area contributed by atoms with Crippen molar-refractivity contribution in [2.45, 2.75) is 12.6 Å². The molecule has 0 radical (unpaired) electrons. The standard InChI is InChI=1S/C13H10F3N/c14-13(15,16)9-10-4-3-5-11(8-10)12-6-1-2-7-17-12/h1-8H,9H2. The van der Waals surface area contributed by atoms with Crippen LogP contribution < -0.4 is 0 Å². The molecule has 0 saturated heterocycles. The molecular formula is C13H10F3N. The van der Waals surface area contributed by atoms with Gasteiger partial charge in [-0.25, -0.2) is 0 Å². The molecule has 1 nitrogen and oxygen atoms in total. The maximum atomic E-state index is 12.3. The monoisotopic (exact) mass is 237 g/mol. The SMILES string of the molecule is FC(F)(F)Cc1cccc(-c2ccccn2)c1. The number of rotatable bonds is 2. The van der Waals surface area contributed by atoms with E-state index in [1.165, 1.54) is 12.1 Å². The Morgan fingerprint density at radius 1 is 1.00 bits per heavy atom. The van der Waals surface area contributed by atoms with Gasteiger partial charge in [0.1, 0.15) is 0 Å². The van der Waals surface area contributed by atoms with Crippen molar-refractivity contribution in [1.29, 1.82) is 0 Å². The van der Waals surface area contributed by atoms with Crippen molar-refractivity contribution < 1.29 is 13.2 Å². The maximum Gasteiger partial charge on any atom is 0.393 e. The van der Waals surface area contributed by atoms with E-state index in [-0.39, 0.29) is 5.56 Å². The Morgan fingerprint density at radius 2 is 1.82 bits per heavy atom. The molecule has 0 aliphatic carbocycles. The fourth-order valence-corrected chi connectivity index (χ4v) is 1.61. The van der Waals surface area contributed by atoms with Crippen LogP contribution in [0.5, 0.6) is 0 Å². The van der Waals surface area contributed by atoms with Crippen molar-refractivity contribution in [3.8, 4) is 11.3 Å². The van der Waals surface area contributed by atoms with Crippen LogP contribution in [0.4, 0.5) is 13.2 Å². The second kappa shape index (κ2) is 4.57. The molecule has 1 heterocycles. The van der Waals surface area contributed by atoms with Crippen LogP contribution in [0.15, 0.2) is 48.7 Å². The third-order valence-electron chi connectivity index (χ3n) is 2.29. The van der Waals surface area contributed by atoms with Gasteiger partial charge in [-0.15, -0.1) is 0 Å². The Hall–Kier alpha value is -1.84. The fourth-order valence-electron chi connectivity index (χ4n) is 1.61. The van der Waals surface area contributed by atoms with E-state index in [0.717, 1.165) is 0 Å². The number of pyridine rings is 1. The van der Waals surface area contributed by atoms with Gasteiger partial charge in [-0.1, -0.05) is 24.3 Å². The summed E-state index contributed by atoms with van der Waals surface area (Å²) in [6.07, 6.45) is -3.47. The van der Waals surface area contributed by atoms with Crippen molar-refractivity contribution in [3.63, 3.8) is 0 Å². The zero-order valence-corrected chi connectivity index (χ0v) is 8.91. The van der Waals surface area contributed by atoms with Crippen molar-refractivity contribution in [1.82, 2.24) is 4.98 Å². The molecule has 0 N–H and O–H groups in total. The van der Waals surface area contributed by atoms with E-state index >= 15 is 0 Å². The van der Waals surface area contributed by atoms with Gasteiger partial charge in [0.15, 0.2) is 0 Å². The normalized spacial score (nSPS) is 11.5. The lowest BCUT2D eigenvalue weighted by Crippen LogP contribution is -2.11. The van der Waals surface area contributed by atoms with Gasteiger partial charge in [-0.3, -0.25) is 4.98 Å². The third kappa shape index (κ3) is 3.31. The van der Waals surface area contributed by atoms with Crippen LogP contribution in [0, 0.1) is 0 Å². The van der Waals surface area contributed by atoms with Crippen molar-refractivity contribution >= 4 is 0 Å². The molecule has 0 aliphatic rings. The smallest absolute Gasteiger partial charge is 0.256 e. The summed E-state index contributed by atoms with van der Waals surface area (Å²) in [5.41, 5.74) is 1.63. The summed E-state index contributed by atoms with van der Waals surface area (Å²) in [4.78, 5) is 4.11. The Labute approximate surface area is 96.9 Å². The first-order valence-corrected chi connectivity index (χ1v) is 5.12. The molecule has 88 valence electrons. The summed E-state index contributed by atoms with van der Waals surface area (Å²) in [6.45, 7) is 0. The number of halogens is 3. The summed E-state index contributed by atoms with van der Waals surface area (Å²) >= 11 is 0. The highest BCUT2D eigenvalue weighted by Gasteiger charge is 2.27. The first kappa shape index (κ1) is 11.6. The van der Waals surface area contributed by atoms with Gasteiger partial charge >= 0.3 is 6.18 Å². The van der Waals surface area contributed by atoms with E-state index in [0.29, 0.717) is 11.3 Å². The predicted molar refractivity (Wildman–Crippen MR) is 59.4 cm³/mol. The fraction of sp³-hybridized carbons (Fsp3) is 0.154. The molecular weight excluding hydrogens is 227 g/mol. The van der Waals surface area contributed by atoms with Crippen molar-refractivity contribution in [2.75, 3.05) is 0 Å². The summed E-state index contributed by atoms with van der Waals surface area (Å²) in [6, 6.07) is 11.7. The van der Waals surface area contributed by atoms with Crippen LogP contribution in [0.3, 0.4) is 0 Å². The van der Waals surface area contributed by atoms with Gasteiger partial charge in [0, 0.05) is 11.8 Å². The van der Waals surface area contributed by atoms with Crippen molar-refractivity contribution in [2.24, 2.45) is 0 Å². The zero-order valence-electron chi connectivity index (χ0n) is 8.91. The van der Waals surface area contributed by atoms with Crippen LogP contribution in [0.2, 0.25) is 0 Å². The van der Waals surface area contributed by atoms with E-state index in [9.17, 15) is 13.2 Å². The van der Waals surface area contributed by atoms with Crippen LogP contribution in [-0.2, 0) is 6.42 Å². The number of benzene rings is 1. The molecule has 17 heavy (non-hydrogen) atoms. The molecule has 1 aromatic heterocycles. The van der Waals surface area contributed by atoms with Gasteiger partial charge in [-0.2, -0.15) is 13.2 Å². The Kier molecular flexibility index (Phi) is 3.13. The molecule has 4 heteroatoms. The van der Waals surface area contributed by atoms with E-state index < -0.39 is 12.6 Å². The molecule has 2 rings (SSSR count). The Morgan fingerprint density at radius 3 is 2.47 bits per heavy atom. The summed E-state index contributed by atoms with van der Waals surface area (Å²) in [7, 11) is 0. The minimum Gasteiger partial charge on any atom is -0.256 e. The minimum absolute atomic E-state index is 0.251. The second-order valence-corrected chi connectivity index (χ2v) is 3.71. The predicted octanol–water partition coefficient (Wildman–Crippen LogP) is 3.85. The quantitative estimate of drug-likeness (QED) is 0.773. The van der Waals surface area contributed by atoms with Crippen molar-refractivity contribution in [3.05, 3.63) is 54.2 Å². The highest BCUT2D eigenvalue weighted by Crippen LogP contribution is 2.24. The van der Waals surface area contributed by atoms with Crippen LogP contribution in [0.1, 0.15) is 5.56 Å². The van der Waals surface area contributed by atoms with Gasteiger partial charge in [0.05, 0.1) is 12.1 Å². The zero-order chi connectivity index (χ0) is 12.3. The molecule has 0 fully saturated rings. The highest BCUT2D eigenvalue weighted by atomic mass is 19.4. The molecule has 1 aromatic carbocycles. The largest absolute Gasteiger partial charge is 0.393 e. The molecule has 0 amide bonds. The van der Waals surface area contributed by atoms with Gasteiger partial charge in [0.2, 0.25) is 0 Å². The summed E-state index contributed by atoms with van der Waals surface area (Å²) < 4.78 is 36.8. The van der Waals surface area contributed by atoms with E-state index in [2.05, 4.69) is 4.98 Å². The average molecular weight is 237 g/mol. The first-order chi connectivity index (χ1) is 8.04. The van der Waals surface area contributed by atoms with E-state index in [1.807, 2.05) is 0 Å². The van der Waals surface area contributed by atoms with Crippen LogP contribution >= 0.6 is 0 Å². The lowest BCUT2D eigenvalue weighted by Gasteiger charge is -2.07. The van der Waals surface area contributed by atoms with Crippen LogP contribution in [0.25, 0.3) is 11.3 Å². The molecule has 0 atom stereocenters. The Bertz CT molecular complexity index is 492. The molecule has 0 saturated carbocycles. The Balaban J connectivity index is 2.29. The number of alkyl halides is 3. The summed E-state index contributed by atoms with van der Waals surface area (Å²) in [5.74, 6) is 0. The molecule has 0 unspecified atom stereocenters. The van der Waals surface area contributed by atoms with Gasteiger partial charge < -0.3 is 0 Å². The average Bonchev–Trinajstić information content (AvgIpc) is 2.28. The lowest BCUT2D eigenvalue weighted by atomic mass is 10.1. The molecule has 0 spiro atoms. The molecule has 0 bridgehead atoms. The maximum absolute atomic E-state index is 12.3. The second-order valence-electron chi connectivity index (χ2n) is 3.71. The number of hydrogen-bond acceptors (Lipinski definition) is 1. The molecule has 0 aliphatic heterocycles. The minimum atomic E-state index is -4.18. The highest BCUT2D eigenvalue weighted by molar-refractivity contribution is 5.59. The molecule has 2 aromatic rings.